The number of aromatic nitrogens is 2. The monoisotopic (exact) mass is 469 g/mol. The van der Waals surface area contributed by atoms with Gasteiger partial charge in [-0.2, -0.15) is 0 Å². The molecule has 1 amide bonds. The normalized spacial score (nSPS) is 11.0. The van der Waals surface area contributed by atoms with Crippen molar-refractivity contribution in [2.75, 3.05) is 12.4 Å². The van der Waals surface area contributed by atoms with Crippen LogP contribution in [0.25, 0.3) is 15.9 Å². The Labute approximate surface area is 192 Å². The highest BCUT2D eigenvalue weighted by Crippen LogP contribution is 2.27. The van der Waals surface area contributed by atoms with Crippen molar-refractivity contribution in [2.24, 2.45) is 0 Å². The van der Waals surface area contributed by atoms with Crippen molar-refractivity contribution < 1.29 is 9.53 Å². The number of hydrogen-bond donors (Lipinski definition) is 1. The molecule has 0 aliphatic rings. The Hall–Kier alpha value is -3.36. The fraction of sp³-hybridized carbons (Fsp3) is 0.174. The number of halogens is 1. The molecule has 0 atom stereocenters. The molecule has 7 nitrogen and oxygen atoms in total. The number of benzene rings is 2. The van der Waals surface area contributed by atoms with Gasteiger partial charge in [-0.25, -0.2) is 9.36 Å². The zero-order chi connectivity index (χ0) is 23.0. The van der Waals surface area contributed by atoms with Gasteiger partial charge in [-0.3, -0.25) is 14.2 Å². The molecule has 0 spiro atoms. The van der Waals surface area contributed by atoms with E-state index in [4.69, 9.17) is 16.3 Å². The van der Waals surface area contributed by atoms with E-state index in [2.05, 4.69) is 5.32 Å². The maximum Gasteiger partial charge on any atom is 0.336 e. The maximum atomic E-state index is 13.4. The van der Waals surface area contributed by atoms with Crippen molar-refractivity contribution in [1.82, 2.24) is 9.13 Å². The number of nitrogens with zero attached hydrogens (tertiary/aromatic N) is 2. The molecule has 0 bridgehead atoms. The number of carbonyl (C=O) groups excluding carboxylic acids is 1. The fourth-order valence-electron chi connectivity index (χ4n) is 3.64. The van der Waals surface area contributed by atoms with Crippen molar-refractivity contribution in [2.45, 2.75) is 20.4 Å². The summed E-state index contributed by atoms with van der Waals surface area (Å²) in [5, 5.41) is 4.82. The number of anilines is 1. The number of methoxy groups -OCH3 is 1. The van der Waals surface area contributed by atoms with E-state index in [0.717, 1.165) is 15.7 Å². The number of rotatable bonds is 5. The third-order valence-corrected chi connectivity index (χ3v) is 6.14. The average molecular weight is 470 g/mol. The molecule has 2 aromatic carbocycles. The van der Waals surface area contributed by atoms with Gasteiger partial charge in [0.25, 0.3) is 5.56 Å². The second-order valence-electron chi connectivity index (χ2n) is 7.39. The van der Waals surface area contributed by atoms with Crippen molar-refractivity contribution in [3.05, 3.63) is 84.8 Å². The summed E-state index contributed by atoms with van der Waals surface area (Å²) in [7, 11) is 1.50. The Kier molecular flexibility index (Phi) is 5.90. The molecule has 2 aromatic heterocycles. The average Bonchev–Trinajstić information content (AvgIpc) is 3.21. The third kappa shape index (κ3) is 4.06. The van der Waals surface area contributed by atoms with E-state index in [1.165, 1.54) is 23.0 Å². The van der Waals surface area contributed by atoms with Crippen molar-refractivity contribution >= 4 is 44.7 Å². The van der Waals surface area contributed by atoms with Crippen LogP contribution in [0.2, 0.25) is 5.02 Å². The van der Waals surface area contributed by atoms with E-state index in [-0.39, 0.29) is 6.54 Å². The lowest BCUT2D eigenvalue weighted by Crippen LogP contribution is -2.40. The Bertz CT molecular complexity index is 1450. The van der Waals surface area contributed by atoms with E-state index in [9.17, 15) is 14.4 Å². The number of nitrogens with one attached hydrogen (secondary N) is 1. The number of thiophene rings is 1. The zero-order valence-electron chi connectivity index (χ0n) is 17.6. The molecular formula is C23H20ClN3O4S. The predicted molar refractivity (Wildman–Crippen MR) is 128 cm³/mol. The second-order valence-corrected chi connectivity index (χ2v) is 8.71. The molecule has 9 heteroatoms. The van der Waals surface area contributed by atoms with E-state index in [1.54, 1.807) is 41.8 Å². The second kappa shape index (κ2) is 8.64. The van der Waals surface area contributed by atoms with Crippen LogP contribution < -0.4 is 21.3 Å². The SMILES string of the molecule is COc1ccc(NC(=O)Cn2c(=O)n(-c3cc(C)cc(C)c3)c(=O)c3sccc32)cc1Cl. The van der Waals surface area contributed by atoms with Crippen molar-refractivity contribution in [3.63, 3.8) is 0 Å². The summed E-state index contributed by atoms with van der Waals surface area (Å²) in [6.07, 6.45) is 0. The van der Waals surface area contributed by atoms with Crippen LogP contribution in [-0.4, -0.2) is 22.2 Å². The highest BCUT2D eigenvalue weighted by atomic mass is 35.5. The van der Waals surface area contributed by atoms with Gasteiger partial charge in [0.05, 0.1) is 23.3 Å². The van der Waals surface area contributed by atoms with Gasteiger partial charge in [-0.1, -0.05) is 17.7 Å². The lowest BCUT2D eigenvalue weighted by molar-refractivity contribution is -0.116. The summed E-state index contributed by atoms with van der Waals surface area (Å²) in [5.41, 5.74) is 2.25. The van der Waals surface area contributed by atoms with Gasteiger partial charge in [-0.05, 0) is 66.8 Å². The molecule has 2 heterocycles. The Morgan fingerprint density at radius 1 is 1.09 bits per heavy atom. The fourth-order valence-corrected chi connectivity index (χ4v) is 4.72. The van der Waals surface area contributed by atoms with Gasteiger partial charge in [0, 0.05) is 5.69 Å². The maximum absolute atomic E-state index is 13.4. The van der Waals surface area contributed by atoms with Gasteiger partial charge in [0.1, 0.15) is 17.0 Å². The van der Waals surface area contributed by atoms with Crippen LogP contribution in [-0.2, 0) is 11.3 Å². The Morgan fingerprint density at radius 3 is 2.47 bits per heavy atom. The molecule has 0 fully saturated rings. The number of ether oxygens (including phenoxy) is 1. The van der Waals surface area contributed by atoms with Crippen LogP contribution in [0.15, 0.2) is 57.4 Å². The Balaban J connectivity index is 1.77. The molecule has 1 N–H and O–H groups in total. The quantitative estimate of drug-likeness (QED) is 0.476. The van der Waals surface area contributed by atoms with Gasteiger partial charge in [0.2, 0.25) is 5.91 Å². The highest BCUT2D eigenvalue weighted by Gasteiger charge is 2.18. The van der Waals surface area contributed by atoms with Gasteiger partial charge in [0.15, 0.2) is 0 Å². The predicted octanol–water partition coefficient (Wildman–Crippen LogP) is 4.13. The number of amides is 1. The van der Waals surface area contributed by atoms with Gasteiger partial charge < -0.3 is 10.1 Å². The first-order valence-electron chi connectivity index (χ1n) is 9.73. The summed E-state index contributed by atoms with van der Waals surface area (Å²) >= 11 is 7.36. The van der Waals surface area contributed by atoms with Crippen LogP contribution in [0.3, 0.4) is 0 Å². The summed E-state index contributed by atoms with van der Waals surface area (Å²) < 4.78 is 7.96. The number of hydrogen-bond acceptors (Lipinski definition) is 5. The molecule has 0 unspecified atom stereocenters. The minimum atomic E-state index is -0.575. The standard InChI is InChI=1S/C23H20ClN3O4S/c1-13-8-14(2)10-16(9-13)27-22(29)21-18(6-7-32-21)26(23(27)30)12-20(28)25-15-4-5-19(31-3)17(24)11-15/h4-11H,12H2,1-3H3,(H,25,28). The van der Waals surface area contributed by atoms with Crippen molar-refractivity contribution in [1.29, 1.82) is 0 Å². The van der Waals surface area contributed by atoms with E-state index < -0.39 is 17.2 Å². The zero-order valence-corrected chi connectivity index (χ0v) is 19.2. The van der Waals surface area contributed by atoms with Gasteiger partial charge in [-0.15, -0.1) is 11.3 Å². The lowest BCUT2D eigenvalue weighted by atomic mass is 10.1. The van der Waals surface area contributed by atoms with Gasteiger partial charge >= 0.3 is 5.69 Å². The molecule has 4 aromatic rings. The third-order valence-electron chi connectivity index (χ3n) is 4.96. The first-order chi connectivity index (χ1) is 15.3. The minimum absolute atomic E-state index is 0.263. The first-order valence-corrected chi connectivity index (χ1v) is 11.0. The highest BCUT2D eigenvalue weighted by molar-refractivity contribution is 7.17. The molecule has 0 saturated heterocycles. The van der Waals surface area contributed by atoms with Crippen LogP contribution in [0, 0.1) is 13.8 Å². The van der Waals surface area contributed by atoms with Crippen LogP contribution in [0.1, 0.15) is 11.1 Å². The first kappa shape index (κ1) is 21.9. The molecule has 0 radical (unpaired) electrons. The lowest BCUT2D eigenvalue weighted by Gasteiger charge is -2.14. The number of carbonyl (C=O) groups is 1. The van der Waals surface area contributed by atoms with E-state index >= 15 is 0 Å². The molecule has 164 valence electrons. The summed E-state index contributed by atoms with van der Waals surface area (Å²) in [6, 6.07) is 12.1. The van der Waals surface area contributed by atoms with Crippen LogP contribution in [0.5, 0.6) is 5.75 Å². The van der Waals surface area contributed by atoms with Crippen LogP contribution in [0.4, 0.5) is 5.69 Å². The van der Waals surface area contributed by atoms with Crippen molar-refractivity contribution in [3.8, 4) is 11.4 Å². The summed E-state index contributed by atoms with van der Waals surface area (Å²) in [6.45, 7) is 3.54. The molecule has 4 rings (SSSR count). The molecule has 32 heavy (non-hydrogen) atoms. The molecule has 0 aliphatic carbocycles. The largest absolute Gasteiger partial charge is 0.495 e. The van der Waals surface area contributed by atoms with Crippen LogP contribution >= 0.6 is 22.9 Å². The number of fused-ring (bicyclic) bond motifs is 1. The molecule has 0 aliphatic heterocycles. The molecular weight excluding hydrogens is 450 g/mol. The van der Waals surface area contributed by atoms with E-state index in [1.807, 2.05) is 19.9 Å². The summed E-state index contributed by atoms with van der Waals surface area (Å²) in [4.78, 5) is 39.2. The smallest absolute Gasteiger partial charge is 0.336 e. The topological polar surface area (TPSA) is 82.3 Å². The molecule has 0 saturated carbocycles. The van der Waals surface area contributed by atoms with E-state index in [0.29, 0.717) is 32.4 Å². The minimum Gasteiger partial charge on any atom is -0.495 e. The Morgan fingerprint density at radius 2 is 1.81 bits per heavy atom. The summed E-state index contributed by atoms with van der Waals surface area (Å²) in [5.74, 6) is 0.0628. The number of aryl methyl sites for hydroxylation is 2.